The molecule has 0 aromatic heterocycles. The number of hydrogen-bond acceptors (Lipinski definition) is 3. The third-order valence-corrected chi connectivity index (χ3v) is 3.24. The molecular formula is C13H9BrF2N2O2. The van der Waals surface area contributed by atoms with E-state index in [0.29, 0.717) is 10.0 Å². The first-order valence-electron chi connectivity index (χ1n) is 5.58. The van der Waals surface area contributed by atoms with E-state index in [2.05, 4.69) is 21.2 Å². The van der Waals surface area contributed by atoms with Gasteiger partial charge >= 0.3 is 0 Å². The lowest BCUT2D eigenvalue weighted by Gasteiger charge is -2.07. The molecule has 1 N–H and O–H groups in total. The Labute approximate surface area is 121 Å². The highest BCUT2D eigenvalue weighted by molar-refractivity contribution is 9.10. The van der Waals surface area contributed by atoms with Crippen LogP contribution in [0.3, 0.4) is 0 Å². The van der Waals surface area contributed by atoms with Crippen molar-refractivity contribution in [1.29, 1.82) is 0 Å². The Balaban J connectivity index is 2.14. The minimum atomic E-state index is -0.686. The van der Waals surface area contributed by atoms with Crippen molar-refractivity contribution in [2.24, 2.45) is 0 Å². The van der Waals surface area contributed by atoms with Crippen LogP contribution in [-0.4, -0.2) is 4.92 Å². The van der Waals surface area contributed by atoms with Crippen LogP contribution in [-0.2, 0) is 6.54 Å². The summed E-state index contributed by atoms with van der Waals surface area (Å²) in [5, 5.41) is 13.6. The Morgan fingerprint density at radius 3 is 2.40 bits per heavy atom. The summed E-state index contributed by atoms with van der Waals surface area (Å²) in [4.78, 5) is 10.3. The molecule has 7 heteroatoms. The third kappa shape index (κ3) is 3.51. The van der Waals surface area contributed by atoms with E-state index in [1.165, 1.54) is 6.07 Å². The fraction of sp³-hybridized carbons (Fsp3) is 0.0769. The fourth-order valence-electron chi connectivity index (χ4n) is 1.67. The minimum absolute atomic E-state index is 0.0604. The van der Waals surface area contributed by atoms with Gasteiger partial charge in [-0.2, -0.15) is 0 Å². The molecule has 0 aliphatic carbocycles. The van der Waals surface area contributed by atoms with Gasteiger partial charge in [-0.15, -0.1) is 0 Å². The lowest BCUT2D eigenvalue weighted by atomic mass is 10.2. The summed E-state index contributed by atoms with van der Waals surface area (Å²) in [5.41, 5.74) is 0.840. The SMILES string of the molecule is O=[N+]([O-])c1cc(CNc2cc(F)cc(F)c2)ccc1Br. The summed E-state index contributed by atoms with van der Waals surface area (Å²) < 4.78 is 26.4. The highest BCUT2D eigenvalue weighted by atomic mass is 79.9. The van der Waals surface area contributed by atoms with E-state index in [-0.39, 0.29) is 17.9 Å². The van der Waals surface area contributed by atoms with Gasteiger partial charge in [0.2, 0.25) is 0 Å². The molecule has 0 unspecified atom stereocenters. The number of anilines is 1. The molecule has 0 saturated heterocycles. The maximum atomic E-state index is 13.0. The second-order valence-electron chi connectivity index (χ2n) is 4.05. The molecular weight excluding hydrogens is 334 g/mol. The number of hydrogen-bond donors (Lipinski definition) is 1. The number of nitrogens with one attached hydrogen (secondary N) is 1. The monoisotopic (exact) mass is 342 g/mol. The number of benzene rings is 2. The molecule has 0 atom stereocenters. The van der Waals surface area contributed by atoms with Crippen LogP contribution >= 0.6 is 15.9 Å². The van der Waals surface area contributed by atoms with Gasteiger partial charge in [0.1, 0.15) is 11.6 Å². The van der Waals surface area contributed by atoms with Crippen LogP contribution in [0, 0.1) is 21.7 Å². The number of nitrogens with zero attached hydrogens (tertiary/aromatic N) is 1. The van der Waals surface area contributed by atoms with Gasteiger partial charge in [-0.25, -0.2) is 8.78 Å². The lowest BCUT2D eigenvalue weighted by Crippen LogP contribution is -2.01. The molecule has 0 aliphatic rings. The zero-order valence-electron chi connectivity index (χ0n) is 10.1. The molecule has 20 heavy (non-hydrogen) atoms. The maximum Gasteiger partial charge on any atom is 0.283 e. The standard InChI is InChI=1S/C13H9BrF2N2O2/c14-12-2-1-8(3-13(12)18(19)20)7-17-11-5-9(15)4-10(16)6-11/h1-6,17H,7H2. The molecule has 0 saturated carbocycles. The molecule has 2 aromatic carbocycles. The van der Waals surface area contributed by atoms with Crippen LogP contribution in [0.1, 0.15) is 5.56 Å². The topological polar surface area (TPSA) is 55.2 Å². The van der Waals surface area contributed by atoms with E-state index in [9.17, 15) is 18.9 Å². The number of nitro groups is 1. The normalized spacial score (nSPS) is 10.3. The predicted molar refractivity (Wildman–Crippen MR) is 74.5 cm³/mol. The second-order valence-corrected chi connectivity index (χ2v) is 4.91. The molecule has 2 rings (SSSR count). The molecule has 0 bridgehead atoms. The zero-order chi connectivity index (χ0) is 14.7. The van der Waals surface area contributed by atoms with Crippen molar-refractivity contribution in [3.63, 3.8) is 0 Å². The van der Waals surface area contributed by atoms with Crippen molar-refractivity contribution in [2.75, 3.05) is 5.32 Å². The molecule has 2 aromatic rings. The van der Waals surface area contributed by atoms with Crippen molar-refractivity contribution >= 4 is 27.3 Å². The van der Waals surface area contributed by atoms with Gasteiger partial charge in [-0.1, -0.05) is 6.07 Å². The number of rotatable bonds is 4. The predicted octanol–water partition coefficient (Wildman–Crippen LogP) is 4.25. The van der Waals surface area contributed by atoms with E-state index in [0.717, 1.165) is 18.2 Å². The largest absolute Gasteiger partial charge is 0.381 e. The lowest BCUT2D eigenvalue weighted by molar-refractivity contribution is -0.385. The van der Waals surface area contributed by atoms with Gasteiger partial charge < -0.3 is 5.32 Å². The summed E-state index contributed by atoms with van der Waals surface area (Å²) in [6.45, 7) is 0.219. The fourth-order valence-corrected chi connectivity index (χ4v) is 2.06. The molecule has 0 aliphatic heterocycles. The zero-order valence-corrected chi connectivity index (χ0v) is 11.7. The summed E-state index contributed by atoms with van der Waals surface area (Å²) in [5.74, 6) is -1.37. The van der Waals surface area contributed by atoms with E-state index >= 15 is 0 Å². The van der Waals surface area contributed by atoms with Crippen LogP contribution in [0.25, 0.3) is 0 Å². The summed E-state index contributed by atoms with van der Waals surface area (Å²) in [6.07, 6.45) is 0. The van der Waals surface area contributed by atoms with Crippen LogP contribution in [0.15, 0.2) is 40.9 Å². The highest BCUT2D eigenvalue weighted by Gasteiger charge is 2.12. The average molecular weight is 343 g/mol. The molecule has 0 fully saturated rings. The number of nitro benzene ring substituents is 1. The summed E-state index contributed by atoms with van der Waals surface area (Å²) in [6, 6.07) is 7.70. The Hall–Kier alpha value is -2.02. The second kappa shape index (κ2) is 5.96. The van der Waals surface area contributed by atoms with Gasteiger partial charge in [0, 0.05) is 24.4 Å². The van der Waals surface area contributed by atoms with Gasteiger partial charge in [0.05, 0.1) is 9.40 Å². The Morgan fingerprint density at radius 1 is 1.15 bits per heavy atom. The minimum Gasteiger partial charge on any atom is -0.381 e. The molecule has 0 amide bonds. The van der Waals surface area contributed by atoms with Crippen molar-refractivity contribution < 1.29 is 13.7 Å². The molecule has 0 spiro atoms. The van der Waals surface area contributed by atoms with Gasteiger partial charge in [-0.3, -0.25) is 10.1 Å². The summed E-state index contributed by atoms with van der Waals surface area (Å²) >= 11 is 3.08. The first-order valence-corrected chi connectivity index (χ1v) is 6.38. The van der Waals surface area contributed by atoms with Crippen LogP contribution in [0.4, 0.5) is 20.2 Å². The van der Waals surface area contributed by atoms with E-state index < -0.39 is 16.6 Å². The number of halogens is 3. The van der Waals surface area contributed by atoms with Crippen molar-refractivity contribution in [3.8, 4) is 0 Å². The Bertz CT molecular complexity index is 645. The van der Waals surface area contributed by atoms with Gasteiger partial charge in [0.15, 0.2) is 0 Å². The van der Waals surface area contributed by atoms with Crippen molar-refractivity contribution in [3.05, 3.63) is 68.2 Å². The van der Waals surface area contributed by atoms with Crippen LogP contribution < -0.4 is 5.32 Å². The molecule has 0 heterocycles. The van der Waals surface area contributed by atoms with Gasteiger partial charge in [0.25, 0.3) is 5.69 Å². The van der Waals surface area contributed by atoms with Crippen LogP contribution in [0.2, 0.25) is 0 Å². The molecule has 0 radical (unpaired) electrons. The Kier molecular flexibility index (Phi) is 4.29. The highest BCUT2D eigenvalue weighted by Crippen LogP contribution is 2.26. The van der Waals surface area contributed by atoms with Gasteiger partial charge in [-0.05, 0) is 39.7 Å². The van der Waals surface area contributed by atoms with Crippen molar-refractivity contribution in [2.45, 2.75) is 6.54 Å². The van der Waals surface area contributed by atoms with Crippen LogP contribution in [0.5, 0.6) is 0 Å². The first-order chi connectivity index (χ1) is 9.45. The molecule has 4 nitrogen and oxygen atoms in total. The maximum absolute atomic E-state index is 13.0. The Morgan fingerprint density at radius 2 is 1.80 bits per heavy atom. The first kappa shape index (κ1) is 14.4. The molecule has 104 valence electrons. The van der Waals surface area contributed by atoms with Crippen molar-refractivity contribution in [1.82, 2.24) is 0 Å². The average Bonchev–Trinajstić information content (AvgIpc) is 2.36. The van der Waals surface area contributed by atoms with E-state index in [1.807, 2.05) is 0 Å². The quantitative estimate of drug-likeness (QED) is 0.667. The van der Waals surface area contributed by atoms with E-state index in [1.54, 1.807) is 12.1 Å². The smallest absolute Gasteiger partial charge is 0.283 e. The van der Waals surface area contributed by atoms with E-state index in [4.69, 9.17) is 0 Å². The summed E-state index contributed by atoms with van der Waals surface area (Å²) in [7, 11) is 0. The third-order valence-electron chi connectivity index (χ3n) is 2.57.